The lowest BCUT2D eigenvalue weighted by atomic mass is 10.1. The highest BCUT2D eigenvalue weighted by molar-refractivity contribution is 8.00. The molecule has 0 N–H and O–H groups in total. The van der Waals surface area contributed by atoms with Crippen LogP contribution in [-0.2, 0) is 14.8 Å². The van der Waals surface area contributed by atoms with Crippen LogP contribution in [0.15, 0.2) is 58.6 Å². The second kappa shape index (κ2) is 8.41. The molecule has 8 heteroatoms. The molecule has 6 nitrogen and oxygen atoms in total. The second-order valence-electron chi connectivity index (χ2n) is 6.58. The molecule has 1 aromatic heterocycles. The third-order valence-corrected chi connectivity index (χ3v) is 7.49. The van der Waals surface area contributed by atoms with Gasteiger partial charge in [-0.3, -0.25) is 4.79 Å². The molecule has 2 heterocycles. The van der Waals surface area contributed by atoms with Gasteiger partial charge in [0.15, 0.2) is 0 Å². The van der Waals surface area contributed by atoms with E-state index in [0.29, 0.717) is 18.1 Å². The van der Waals surface area contributed by atoms with Crippen LogP contribution in [0.5, 0.6) is 0 Å². The van der Waals surface area contributed by atoms with Crippen molar-refractivity contribution < 1.29 is 13.2 Å². The zero-order valence-electron chi connectivity index (χ0n) is 15.4. The van der Waals surface area contributed by atoms with Crippen molar-refractivity contribution in [3.05, 3.63) is 54.2 Å². The molecule has 1 fully saturated rings. The predicted molar refractivity (Wildman–Crippen MR) is 106 cm³/mol. The molecule has 0 radical (unpaired) electrons. The summed E-state index contributed by atoms with van der Waals surface area (Å²) in [6, 6.07) is 12.8. The number of amides is 1. The standard InChI is InChI=1S/C19H23N3O3S2/c1-21(2)19(23)18(15-8-4-3-5-9-15)26-17-11-10-16(14-20-17)27(24,25)22-12-6-7-13-22/h3-5,8-11,14,18H,6-7,12-13H2,1-2H3/t18-/m1/s1. The van der Waals surface area contributed by atoms with Gasteiger partial charge in [0.05, 0.1) is 5.03 Å². The summed E-state index contributed by atoms with van der Waals surface area (Å²) in [7, 11) is -0.0390. The minimum absolute atomic E-state index is 0.0400. The molecule has 1 aliphatic heterocycles. The minimum Gasteiger partial charge on any atom is -0.348 e. The van der Waals surface area contributed by atoms with Gasteiger partial charge >= 0.3 is 0 Å². The quantitative estimate of drug-likeness (QED) is 0.691. The maximum Gasteiger partial charge on any atom is 0.244 e. The van der Waals surface area contributed by atoms with Gasteiger partial charge in [-0.1, -0.05) is 42.1 Å². The summed E-state index contributed by atoms with van der Waals surface area (Å²) in [6.07, 6.45) is 3.18. The van der Waals surface area contributed by atoms with Gasteiger partial charge in [0.25, 0.3) is 0 Å². The molecule has 1 aliphatic rings. The molecular weight excluding hydrogens is 382 g/mol. The van der Waals surface area contributed by atoms with Crippen LogP contribution in [0.1, 0.15) is 23.7 Å². The SMILES string of the molecule is CN(C)C(=O)[C@H](Sc1ccc(S(=O)(=O)N2CCCC2)cn1)c1ccccc1. The number of hydrogen-bond donors (Lipinski definition) is 0. The number of sulfonamides is 1. The number of aromatic nitrogens is 1. The van der Waals surface area contributed by atoms with Crippen LogP contribution in [0.3, 0.4) is 0 Å². The van der Waals surface area contributed by atoms with Crippen LogP contribution >= 0.6 is 11.8 Å². The van der Waals surface area contributed by atoms with Crippen molar-refractivity contribution in [2.24, 2.45) is 0 Å². The Morgan fingerprint density at radius 2 is 1.78 bits per heavy atom. The average Bonchev–Trinajstić information content (AvgIpc) is 3.22. The fourth-order valence-corrected chi connectivity index (χ4v) is 5.48. The van der Waals surface area contributed by atoms with Crippen LogP contribution in [-0.4, -0.2) is 55.7 Å². The van der Waals surface area contributed by atoms with E-state index >= 15 is 0 Å². The number of nitrogens with zero attached hydrogens (tertiary/aromatic N) is 3. The molecule has 0 unspecified atom stereocenters. The van der Waals surface area contributed by atoms with E-state index in [1.165, 1.54) is 22.3 Å². The first kappa shape index (κ1) is 19.9. The number of carbonyl (C=O) groups is 1. The molecule has 0 spiro atoms. The van der Waals surface area contributed by atoms with Gasteiger partial charge in [-0.05, 0) is 30.5 Å². The molecule has 1 saturated heterocycles. The molecule has 144 valence electrons. The van der Waals surface area contributed by atoms with E-state index in [4.69, 9.17) is 0 Å². The van der Waals surface area contributed by atoms with E-state index in [-0.39, 0.29) is 10.8 Å². The van der Waals surface area contributed by atoms with E-state index in [0.717, 1.165) is 18.4 Å². The predicted octanol–water partition coefficient (Wildman–Crippen LogP) is 2.79. The number of rotatable bonds is 6. The van der Waals surface area contributed by atoms with Crippen LogP contribution in [0, 0.1) is 0 Å². The first-order chi connectivity index (χ1) is 12.9. The number of likely N-dealkylation sites (N-methyl/N-ethyl adjacent to an activating group) is 1. The summed E-state index contributed by atoms with van der Waals surface area (Å²) in [6.45, 7) is 1.12. The number of pyridine rings is 1. The van der Waals surface area contributed by atoms with Crippen molar-refractivity contribution in [1.29, 1.82) is 0 Å². The van der Waals surface area contributed by atoms with Crippen LogP contribution in [0.2, 0.25) is 0 Å². The van der Waals surface area contributed by atoms with E-state index in [1.807, 2.05) is 30.3 Å². The Balaban J connectivity index is 1.82. The van der Waals surface area contributed by atoms with Crippen molar-refractivity contribution >= 4 is 27.7 Å². The number of hydrogen-bond acceptors (Lipinski definition) is 5. The van der Waals surface area contributed by atoms with E-state index in [1.54, 1.807) is 31.1 Å². The van der Waals surface area contributed by atoms with Crippen molar-refractivity contribution in [1.82, 2.24) is 14.2 Å². The Bertz CT molecular complexity index is 878. The second-order valence-corrected chi connectivity index (χ2v) is 9.65. The smallest absolute Gasteiger partial charge is 0.244 e. The van der Waals surface area contributed by atoms with Gasteiger partial charge in [0.2, 0.25) is 15.9 Å². The van der Waals surface area contributed by atoms with Crippen LogP contribution < -0.4 is 0 Å². The van der Waals surface area contributed by atoms with Crippen molar-refractivity contribution in [2.45, 2.75) is 28.0 Å². The molecule has 0 saturated carbocycles. The van der Waals surface area contributed by atoms with Gasteiger partial charge < -0.3 is 4.90 Å². The van der Waals surface area contributed by atoms with Crippen LogP contribution in [0.4, 0.5) is 0 Å². The molecule has 1 aromatic carbocycles. The maximum atomic E-state index is 12.6. The zero-order valence-corrected chi connectivity index (χ0v) is 17.0. The third kappa shape index (κ3) is 4.51. The lowest BCUT2D eigenvalue weighted by molar-refractivity contribution is -0.128. The van der Waals surface area contributed by atoms with Crippen molar-refractivity contribution in [3.8, 4) is 0 Å². The highest BCUT2D eigenvalue weighted by Gasteiger charge is 2.28. The normalized spacial score (nSPS) is 16.2. The van der Waals surface area contributed by atoms with E-state index in [2.05, 4.69) is 4.98 Å². The molecule has 1 atom stereocenters. The summed E-state index contributed by atoms with van der Waals surface area (Å²) >= 11 is 1.32. The first-order valence-corrected chi connectivity index (χ1v) is 11.1. The molecule has 27 heavy (non-hydrogen) atoms. The highest BCUT2D eigenvalue weighted by Crippen LogP contribution is 2.35. The Morgan fingerprint density at radius 3 is 2.33 bits per heavy atom. The summed E-state index contributed by atoms with van der Waals surface area (Å²) in [4.78, 5) is 18.7. The topological polar surface area (TPSA) is 70.6 Å². The summed E-state index contributed by atoms with van der Waals surface area (Å²) < 4.78 is 26.7. The van der Waals surface area contributed by atoms with Gasteiger partial charge in [-0.15, -0.1) is 0 Å². The monoisotopic (exact) mass is 405 g/mol. The third-order valence-electron chi connectivity index (χ3n) is 4.42. The Hall–Kier alpha value is -1.90. The average molecular weight is 406 g/mol. The Kier molecular flexibility index (Phi) is 6.18. The molecule has 0 aliphatic carbocycles. The van der Waals surface area contributed by atoms with Gasteiger partial charge in [0.1, 0.15) is 10.1 Å². The van der Waals surface area contributed by atoms with E-state index in [9.17, 15) is 13.2 Å². The first-order valence-electron chi connectivity index (χ1n) is 8.78. The summed E-state index contributed by atoms with van der Waals surface area (Å²) in [5, 5.41) is 0.175. The molecule has 3 rings (SSSR count). The summed E-state index contributed by atoms with van der Waals surface area (Å²) in [5.41, 5.74) is 0.886. The van der Waals surface area contributed by atoms with Crippen molar-refractivity contribution in [3.63, 3.8) is 0 Å². The van der Waals surface area contributed by atoms with Gasteiger partial charge in [-0.25, -0.2) is 13.4 Å². The molecule has 2 aromatic rings. The van der Waals surface area contributed by atoms with Crippen LogP contribution in [0.25, 0.3) is 0 Å². The number of thioether (sulfide) groups is 1. The van der Waals surface area contributed by atoms with Crippen molar-refractivity contribution in [2.75, 3.05) is 27.2 Å². The fraction of sp³-hybridized carbons (Fsp3) is 0.368. The maximum absolute atomic E-state index is 12.6. The number of carbonyl (C=O) groups excluding carboxylic acids is 1. The van der Waals surface area contributed by atoms with Gasteiger partial charge in [-0.2, -0.15) is 4.31 Å². The molecule has 0 bridgehead atoms. The molecule has 1 amide bonds. The molecular formula is C19H23N3O3S2. The lowest BCUT2D eigenvalue weighted by Crippen LogP contribution is -2.28. The summed E-state index contributed by atoms with van der Waals surface area (Å²) in [5.74, 6) is -0.0400. The van der Waals surface area contributed by atoms with Gasteiger partial charge in [0, 0.05) is 33.4 Å². The fourth-order valence-electron chi connectivity index (χ4n) is 2.91. The zero-order chi connectivity index (χ0) is 19.4. The minimum atomic E-state index is -3.48. The highest BCUT2D eigenvalue weighted by atomic mass is 32.2. The Labute approximate surface area is 164 Å². The van der Waals surface area contributed by atoms with E-state index < -0.39 is 15.3 Å². The largest absolute Gasteiger partial charge is 0.348 e. The lowest BCUT2D eigenvalue weighted by Gasteiger charge is -2.20. The number of benzene rings is 1. The Morgan fingerprint density at radius 1 is 1.11 bits per heavy atom.